The van der Waals surface area contributed by atoms with Gasteiger partial charge >= 0.3 is 0 Å². The number of hydrogen-bond acceptors (Lipinski definition) is 5. The molecule has 7 heteroatoms. The molecule has 1 fully saturated rings. The molecule has 1 amide bonds. The molecule has 0 aliphatic carbocycles. The number of rotatable bonds is 7. The van der Waals surface area contributed by atoms with E-state index in [4.69, 9.17) is 4.74 Å². The lowest BCUT2D eigenvalue weighted by Gasteiger charge is -2.38. The maximum Gasteiger partial charge on any atom is 0.256 e. The molecule has 1 aromatic heterocycles. The minimum absolute atomic E-state index is 0.215. The van der Waals surface area contributed by atoms with Gasteiger partial charge in [0.15, 0.2) is 5.60 Å². The zero-order chi connectivity index (χ0) is 18.6. The van der Waals surface area contributed by atoms with E-state index in [2.05, 4.69) is 15.5 Å². The number of hydrogen-bond donors (Lipinski definition) is 3. The monoisotopic (exact) mass is 358 g/mol. The Bertz CT molecular complexity index is 761. The summed E-state index contributed by atoms with van der Waals surface area (Å²) in [5, 5.41) is 21.1. The van der Waals surface area contributed by atoms with E-state index in [1.807, 2.05) is 37.3 Å². The van der Waals surface area contributed by atoms with E-state index in [9.17, 15) is 9.90 Å². The Labute approximate surface area is 153 Å². The van der Waals surface area contributed by atoms with Gasteiger partial charge in [0.1, 0.15) is 5.75 Å². The standard InChI is InChI=1S/C19H26N4O3/c1-14-9-16(22-21-14)11-20-13-19(25)7-4-8-23(18(19)24)12-15-5-3-6-17(10-15)26-2/h3,5-6,9-10,20,25H,4,7-8,11-13H2,1-2H3,(H,21,22)/t19-/m0/s1. The summed E-state index contributed by atoms with van der Waals surface area (Å²) in [5.74, 6) is 0.537. The third-order valence-corrected chi connectivity index (χ3v) is 4.69. The van der Waals surface area contributed by atoms with Crippen molar-refractivity contribution in [3.8, 4) is 5.75 Å². The number of H-pyrrole nitrogens is 1. The first-order chi connectivity index (χ1) is 12.5. The first-order valence-corrected chi connectivity index (χ1v) is 8.86. The molecule has 1 aliphatic heterocycles. The second kappa shape index (κ2) is 7.88. The maximum atomic E-state index is 12.8. The highest BCUT2D eigenvalue weighted by Crippen LogP contribution is 2.24. The lowest BCUT2D eigenvalue weighted by molar-refractivity contribution is -0.157. The number of ether oxygens (including phenoxy) is 1. The quantitative estimate of drug-likeness (QED) is 0.695. The number of carbonyl (C=O) groups excluding carboxylic acids is 1. The summed E-state index contributed by atoms with van der Waals surface area (Å²) in [5.41, 5.74) is 1.46. The molecule has 0 saturated carbocycles. The molecule has 2 heterocycles. The highest BCUT2D eigenvalue weighted by molar-refractivity contribution is 5.86. The number of aryl methyl sites for hydroxylation is 1. The molecule has 1 aromatic carbocycles. The molecule has 7 nitrogen and oxygen atoms in total. The van der Waals surface area contributed by atoms with Gasteiger partial charge in [-0.1, -0.05) is 12.1 Å². The predicted molar refractivity (Wildman–Crippen MR) is 97.6 cm³/mol. The second-order valence-electron chi connectivity index (χ2n) is 6.86. The van der Waals surface area contributed by atoms with Crippen LogP contribution in [0.2, 0.25) is 0 Å². The van der Waals surface area contributed by atoms with Crippen LogP contribution in [0.5, 0.6) is 5.75 Å². The molecule has 0 unspecified atom stereocenters. The van der Waals surface area contributed by atoms with Gasteiger partial charge in [0.25, 0.3) is 5.91 Å². The zero-order valence-electron chi connectivity index (χ0n) is 15.3. The lowest BCUT2D eigenvalue weighted by Crippen LogP contribution is -2.57. The predicted octanol–water partition coefficient (Wildman–Crippen LogP) is 1.37. The molecular weight excluding hydrogens is 332 g/mol. The molecule has 26 heavy (non-hydrogen) atoms. The molecule has 2 aromatic rings. The zero-order valence-corrected chi connectivity index (χ0v) is 15.3. The van der Waals surface area contributed by atoms with Crippen molar-refractivity contribution >= 4 is 5.91 Å². The van der Waals surface area contributed by atoms with Crippen molar-refractivity contribution in [2.75, 3.05) is 20.2 Å². The van der Waals surface area contributed by atoms with Crippen molar-refractivity contribution in [1.82, 2.24) is 20.4 Å². The topological polar surface area (TPSA) is 90.5 Å². The number of piperidine rings is 1. The summed E-state index contributed by atoms with van der Waals surface area (Å²) >= 11 is 0. The highest BCUT2D eigenvalue weighted by atomic mass is 16.5. The van der Waals surface area contributed by atoms with Crippen LogP contribution in [0.4, 0.5) is 0 Å². The number of aromatic amines is 1. The Balaban J connectivity index is 1.60. The summed E-state index contributed by atoms with van der Waals surface area (Å²) < 4.78 is 5.24. The summed E-state index contributed by atoms with van der Waals surface area (Å²) in [4.78, 5) is 14.6. The number of nitrogens with zero attached hydrogens (tertiary/aromatic N) is 2. The summed E-state index contributed by atoms with van der Waals surface area (Å²) in [6.07, 6.45) is 1.24. The molecule has 0 bridgehead atoms. The van der Waals surface area contributed by atoms with Crippen LogP contribution in [0, 0.1) is 6.92 Å². The second-order valence-corrected chi connectivity index (χ2v) is 6.86. The number of nitrogens with one attached hydrogen (secondary N) is 2. The van der Waals surface area contributed by atoms with Crippen LogP contribution in [-0.4, -0.2) is 51.9 Å². The number of benzene rings is 1. The largest absolute Gasteiger partial charge is 0.497 e. The Morgan fingerprint density at radius 1 is 1.42 bits per heavy atom. The van der Waals surface area contributed by atoms with Crippen molar-refractivity contribution in [2.45, 2.75) is 38.5 Å². The average molecular weight is 358 g/mol. The van der Waals surface area contributed by atoms with E-state index >= 15 is 0 Å². The summed E-state index contributed by atoms with van der Waals surface area (Å²) in [6.45, 7) is 3.78. The van der Waals surface area contributed by atoms with Gasteiger partial charge in [-0.25, -0.2) is 0 Å². The van der Waals surface area contributed by atoms with E-state index in [0.717, 1.165) is 29.1 Å². The van der Waals surface area contributed by atoms with E-state index < -0.39 is 5.60 Å². The van der Waals surface area contributed by atoms with Crippen LogP contribution >= 0.6 is 0 Å². The smallest absolute Gasteiger partial charge is 0.256 e. The normalized spacial score (nSPS) is 20.4. The molecule has 0 spiro atoms. The molecule has 0 radical (unpaired) electrons. The minimum Gasteiger partial charge on any atom is -0.497 e. The van der Waals surface area contributed by atoms with Crippen LogP contribution in [-0.2, 0) is 17.9 Å². The number of aromatic nitrogens is 2. The van der Waals surface area contributed by atoms with Crippen molar-refractivity contribution in [1.29, 1.82) is 0 Å². The Morgan fingerprint density at radius 3 is 3.00 bits per heavy atom. The Morgan fingerprint density at radius 2 is 2.27 bits per heavy atom. The number of methoxy groups -OCH3 is 1. The van der Waals surface area contributed by atoms with Crippen molar-refractivity contribution in [2.24, 2.45) is 0 Å². The number of carbonyl (C=O) groups is 1. The Kier molecular flexibility index (Phi) is 5.58. The molecule has 140 valence electrons. The van der Waals surface area contributed by atoms with E-state index in [-0.39, 0.29) is 12.5 Å². The number of likely N-dealkylation sites (tertiary alicyclic amines) is 1. The molecule has 3 rings (SSSR count). The van der Waals surface area contributed by atoms with Crippen LogP contribution in [0.25, 0.3) is 0 Å². The maximum absolute atomic E-state index is 12.8. The number of amides is 1. The minimum atomic E-state index is -1.37. The third kappa shape index (κ3) is 4.23. The highest BCUT2D eigenvalue weighted by Gasteiger charge is 2.41. The summed E-state index contributed by atoms with van der Waals surface area (Å²) in [6, 6.07) is 9.59. The molecule has 1 atom stereocenters. The third-order valence-electron chi connectivity index (χ3n) is 4.69. The fraction of sp³-hybridized carbons (Fsp3) is 0.474. The van der Waals surface area contributed by atoms with Crippen LogP contribution < -0.4 is 10.1 Å². The van der Waals surface area contributed by atoms with Crippen molar-refractivity contribution < 1.29 is 14.6 Å². The van der Waals surface area contributed by atoms with Gasteiger partial charge in [-0.3, -0.25) is 9.89 Å². The molecular formula is C19H26N4O3. The van der Waals surface area contributed by atoms with E-state index in [1.165, 1.54) is 0 Å². The fourth-order valence-corrected chi connectivity index (χ4v) is 3.33. The van der Waals surface area contributed by atoms with E-state index in [1.54, 1.807) is 12.0 Å². The van der Waals surface area contributed by atoms with Crippen LogP contribution in [0.1, 0.15) is 29.8 Å². The molecule has 1 saturated heterocycles. The SMILES string of the molecule is COc1cccc(CN2CCC[C@](O)(CNCc3cc(C)[nH]n3)C2=O)c1. The Hall–Kier alpha value is -2.38. The van der Waals surface area contributed by atoms with Gasteiger partial charge in [-0.15, -0.1) is 0 Å². The first-order valence-electron chi connectivity index (χ1n) is 8.86. The first kappa shape index (κ1) is 18.4. The van der Waals surface area contributed by atoms with Crippen molar-refractivity contribution in [3.63, 3.8) is 0 Å². The van der Waals surface area contributed by atoms with Gasteiger partial charge in [0.05, 0.1) is 12.8 Å². The van der Waals surface area contributed by atoms with Crippen LogP contribution in [0.15, 0.2) is 30.3 Å². The molecule has 1 aliphatic rings. The van der Waals surface area contributed by atoms with Gasteiger partial charge < -0.3 is 20.1 Å². The van der Waals surface area contributed by atoms with Gasteiger partial charge in [-0.05, 0) is 43.5 Å². The average Bonchev–Trinajstić information content (AvgIpc) is 3.04. The number of aliphatic hydroxyl groups is 1. The molecule has 3 N–H and O–H groups in total. The van der Waals surface area contributed by atoms with E-state index in [0.29, 0.717) is 26.1 Å². The van der Waals surface area contributed by atoms with Gasteiger partial charge in [0.2, 0.25) is 0 Å². The lowest BCUT2D eigenvalue weighted by atomic mass is 9.91. The summed E-state index contributed by atoms with van der Waals surface area (Å²) in [7, 11) is 1.62. The van der Waals surface area contributed by atoms with Crippen LogP contribution in [0.3, 0.4) is 0 Å². The van der Waals surface area contributed by atoms with Crippen molar-refractivity contribution in [3.05, 3.63) is 47.3 Å². The fourth-order valence-electron chi connectivity index (χ4n) is 3.33. The van der Waals surface area contributed by atoms with Gasteiger partial charge in [-0.2, -0.15) is 5.10 Å². The van der Waals surface area contributed by atoms with Gasteiger partial charge in [0, 0.05) is 31.9 Å².